The maximum absolute atomic E-state index is 5.63. The minimum Gasteiger partial charge on any atom is -0.423 e. The summed E-state index contributed by atoms with van der Waals surface area (Å²) in [7, 11) is 0. The fourth-order valence-electron chi connectivity index (χ4n) is 1.84. The Morgan fingerprint density at radius 1 is 1.24 bits per heavy atom. The van der Waals surface area contributed by atoms with Crippen LogP contribution in [0.2, 0.25) is 0 Å². The molecule has 0 bridgehead atoms. The van der Waals surface area contributed by atoms with E-state index in [0.717, 1.165) is 23.4 Å². The molecule has 0 radical (unpaired) electrons. The van der Waals surface area contributed by atoms with Gasteiger partial charge in [0.25, 0.3) is 6.01 Å². The Kier molecular flexibility index (Phi) is 3.18. The minimum absolute atomic E-state index is 0.239. The number of hydrogen-bond acceptors (Lipinski definition) is 3. The van der Waals surface area contributed by atoms with Crippen molar-refractivity contribution in [1.82, 2.24) is 4.98 Å². The number of hydrogen-bond donors (Lipinski definition) is 1. The van der Waals surface area contributed by atoms with Gasteiger partial charge in [-0.2, -0.15) is 4.98 Å². The lowest BCUT2D eigenvalue weighted by Crippen LogP contribution is -1.91. The van der Waals surface area contributed by atoms with E-state index in [1.165, 1.54) is 5.56 Å². The van der Waals surface area contributed by atoms with Crippen LogP contribution in [0.5, 0.6) is 0 Å². The molecule has 0 saturated carbocycles. The lowest BCUT2D eigenvalue weighted by atomic mass is 10.0. The summed E-state index contributed by atoms with van der Waals surface area (Å²) in [6, 6.07) is 8.58. The smallest absolute Gasteiger partial charge is 0.292 e. The SMILES string of the molecule is CCc1ccc(-c2oc(N)nc2C(C)C)cc1. The molecule has 1 heterocycles. The van der Waals surface area contributed by atoms with Crippen molar-refractivity contribution in [2.75, 3.05) is 5.73 Å². The Bertz CT molecular complexity index is 497. The molecule has 2 aromatic rings. The van der Waals surface area contributed by atoms with Crippen molar-refractivity contribution in [1.29, 1.82) is 0 Å². The zero-order valence-electron chi connectivity index (χ0n) is 10.5. The summed E-state index contributed by atoms with van der Waals surface area (Å²) < 4.78 is 5.50. The molecule has 0 spiro atoms. The number of oxazole rings is 1. The number of aryl methyl sites for hydroxylation is 1. The van der Waals surface area contributed by atoms with Crippen molar-refractivity contribution in [3.05, 3.63) is 35.5 Å². The molecule has 0 atom stereocenters. The monoisotopic (exact) mass is 230 g/mol. The van der Waals surface area contributed by atoms with Crippen molar-refractivity contribution in [3.8, 4) is 11.3 Å². The fraction of sp³-hybridized carbons (Fsp3) is 0.357. The molecule has 1 aromatic carbocycles. The Balaban J connectivity index is 2.44. The molecule has 17 heavy (non-hydrogen) atoms. The number of rotatable bonds is 3. The molecule has 0 fully saturated rings. The van der Waals surface area contributed by atoms with Crippen LogP contribution in [0, 0.1) is 0 Å². The summed E-state index contributed by atoms with van der Waals surface area (Å²) in [4.78, 5) is 4.24. The van der Waals surface area contributed by atoms with Crippen LogP contribution in [0.15, 0.2) is 28.7 Å². The van der Waals surface area contributed by atoms with Crippen molar-refractivity contribution in [3.63, 3.8) is 0 Å². The second kappa shape index (κ2) is 4.62. The van der Waals surface area contributed by atoms with Crippen molar-refractivity contribution in [2.45, 2.75) is 33.1 Å². The zero-order valence-corrected chi connectivity index (χ0v) is 10.5. The molecule has 1 aromatic heterocycles. The van der Waals surface area contributed by atoms with Gasteiger partial charge in [-0.3, -0.25) is 0 Å². The summed E-state index contributed by atoms with van der Waals surface area (Å²) in [6.45, 7) is 6.31. The average molecular weight is 230 g/mol. The van der Waals surface area contributed by atoms with Gasteiger partial charge < -0.3 is 10.2 Å². The van der Waals surface area contributed by atoms with Crippen molar-refractivity contribution in [2.24, 2.45) is 0 Å². The highest BCUT2D eigenvalue weighted by molar-refractivity contribution is 5.62. The van der Waals surface area contributed by atoms with Gasteiger partial charge in [0.1, 0.15) is 0 Å². The van der Waals surface area contributed by atoms with Crippen molar-refractivity contribution >= 4 is 6.01 Å². The molecule has 3 heteroatoms. The molecule has 3 nitrogen and oxygen atoms in total. The third-order valence-corrected chi connectivity index (χ3v) is 2.84. The van der Waals surface area contributed by atoms with Gasteiger partial charge in [0.2, 0.25) is 0 Å². The van der Waals surface area contributed by atoms with E-state index in [0.29, 0.717) is 5.92 Å². The molecule has 0 aliphatic rings. The minimum atomic E-state index is 0.239. The molecule has 0 aliphatic carbocycles. The van der Waals surface area contributed by atoms with E-state index >= 15 is 0 Å². The maximum atomic E-state index is 5.63. The lowest BCUT2D eigenvalue weighted by Gasteiger charge is -2.04. The number of benzene rings is 1. The highest BCUT2D eigenvalue weighted by Crippen LogP contribution is 2.30. The molecular weight excluding hydrogens is 212 g/mol. The van der Waals surface area contributed by atoms with E-state index in [4.69, 9.17) is 10.2 Å². The molecule has 0 saturated heterocycles. The van der Waals surface area contributed by atoms with Gasteiger partial charge in [0.15, 0.2) is 5.76 Å². The normalized spacial score (nSPS) is 11.1. The first-order valence-corrected chi connectivity index (χ1v) is 5.97. The van der Waals surface area contributed by atoms with Gasteiger partial charge >= 0.3 is 0 Å². The van der Waals surface area contributed by atoms with Crippen molar-refractivity contribution < 1.29 is 4.42 Å². The van der Waals surface area contributed by atoms with E-state index in [-0.39, 0.29) is 6.01 Å². The van der Waals surface area contributed by atoms with Crippen LogP contribution in [0.4, 0.5) is 6.01 Å². The quantitative estimate of drug-likeness (QED) is 0.876. The van der Waals surface area contributed by atoms with Gasteiger partial charge in [-0.05, 0) is 17.9 Å². The number of nitrogens with two attached hydrogens (primary N) is 1. The van der Waals surface area contributed by atoms with Crippen LogP contribution in [0.3, 0.4) is 0 Å². The molecule has 2 rings (SSSR count). The predicted octanol–water partition coefficient (Wildman–Crippen LogP) is 3.61. The van der Waals surface area contributed by atoms with Crippen LogP contribution >= 0.6 is 0 Å². The highest BCUT2D eigenvalue weighted by atomic mass is 16.4. The second-order valence-corrected chi connectivity index (χ2v) is 4.47. The molecule has 2 N–H and O–H groups in total. The van der Waals surface area contributed by atoms with E-state index in [1.54, 1.807) is 0 Å². The van der Waals surface area contributed by atoms with Gasteiger partial charge in [-0.25, -0.2) is 0 Å². The predicted molar refractivity (Wildman–Crippen MR) is 69.8 cm³/mol. The lowest BCUT2D eigenvalue weighted by molar-refractivity contribution is 0.592. The van der Waals surface area contributed by atoms with Crippen LogP contribution < -0.4 is 5.73 Å². The summed E-state index contributed by atoms with van der Waals surface area (Å²) in [5.41, 5.74) is 8.91. The third-order valence-electron chi connectivity index (χ3n) is 2.84. The molecular formula is C14H18N2O. The number of nitrogen functional groups attached to an aromatic ring is 1. The Labute approximate surface area is 102 Å². The molecule has 0 aliphatic heterocycles. The largest absolute Gasteiger partial charge is 0.423 e. The van der Waals surface area contributed by atoms with Gasteiger partial charge in [-0.1, -0.05) is 45.0 Å². The van der Waals surface area contributed by atoms with Crippen LogP contribution in [0.25, 0.3) is 11.3 Å². The maximum Gasteiger partial charge on any atom is 0.292 e. The molecule has 0 amide bonds. The van der Waals surface area contributed by atoms with Gasteiger partial charge in [0, 0.05) is 5.56 Å². The molecule has 0 unspecified atom stereocenters. The Morgan fingerprint density at radius 2 is 1.88 bits per heavy atom. The Morgan fingerprint density at radius 3 is 2.41 bits per heavy atom. The Hall–Kier alpha value is -1.77. The fourth-order valence-corrected chi connectivity index (χ4v) is 1.84. The zero-order chi connectivity index (χ0) is 12.4. The van der Waals surface area contributed by atoms with E-state index < -0.39 is 0 Å². The summed E-state index contributed by atoms with van der Waals surface area (Å²) >= 11 is 0. The second-order valence-electron chi connectivity index (χ2n) is 4.47. The first kappa shape index (κ1) is 11.7. The topological polar surface area (TPSA) is 52.0 Å². The van der Waals surface area contributed by atoms with Crippen LogP contribution in [-0.4, -0.2) is 4.98 Å². The first-order valence-electron chi connectivity index (χ1n) is 5.97. The van der Waals surface area contributed by atoms with Crippen LogP contribution in [-0.2, 0) is 6.42 Å². The van der Waals surface area contributed by atoms with E-state index in [2.05, 4.69) is 50.0 Å². The summed E-state index contributed by atoms with van der Waals surface area (Å²) in [6.07, 6.45) is 1.04. The third kappa shape index (κ3) is 2.33. The average Bonchev–Trinajstić information content (AvgIpc) is 2.72. The summed E-state index contributed by atoms with van der Waals surface area (Å²) in [5.74, 6) is 1.09. The number of nitrogens with zero attached hydrogens (tertiary/aromatic N) is 1. The number of aromatic nitrogens is 1. The number of anilines is 1. The van der Waals surface area contributed by atoms with E-state index in [9.17, 15) is 0 Å². The van der Waals surface area contributed by atoms with Gasteiger partial charge in [0.05, 0.1) is 5.69 Å². The standard InChI is InChI=1S/C14H18N2O/c1-4-10-5-7-11(8-6-10)13-12(9(2)3)16-14(15)17-13/h5-9H,4H2,1-3H3,(H2,15,16). The van der Waals surface area contributed by atoms with E-state index in [1.807, 2.05) is 0 Å². The van der Waals surface area contributed by atoms with Gasteiger partial charge in [-0.15, -0.1) is 0 Å². The highest BCUT2D eigenvalue weighted by Gasteiger charge is 2.16. The van der Waals surface area contributed by atoms with Crippen LogP contribution in [0.1, 0.15) is 37.9 Å². The summed E-state index contributed by atoms with van der Waals surface area (Å²) in [5, 5.41) is 0. The first-order chi connectivity index (χ1) is 8.11. The molecule has 90 valence electrons.